The number of likely N-dealkylation sites (N-methyl/N-ethyl adjacent to an activating group) is 2. The molecule has 0 aromatic heterocycles. The van der Waals surface area contributed by atoms with E-state index < -0.39 is 36.3 Å². The molecule has 0 saturated carbocycles. The van der Waals surface area contributed by atoms with Crippen LogP contribution >= 0.6 is 24.8 Å². The molecule has 0 radical (unpaired) electrons. The Morgan fingerprint density at radius 2 is 1.08 bits per heavy atom. The number of Topliss-reactive ketones (excluding diaryl/α,β-unsaturated/α-hetero) is 1. The number of hydrogen-bond acceptors (Lipinski definition) is 8. The zero-order valence-corrected chi connectivity index (χ0v) is 42.3. The van der Waals surface area contributed by atoms with Crippen LogP contribution in [0, 0.1) is 23.7 Å². The van der Waals surface area contributed by atoms with Crippen LogP contribution in [0.25, 0.3) is 0 Å². The van der Waals surface area contributed by atoms with Gasteiger partial charge in [0.1, 0.15) is 18.1 Å². The highest BCUT2D eigenvalue weighted by molar-refractivity contribution is 5.95. The Hall–Kier alpha value is -5.18. The maximum Gasteiger partial charge on any atom is 0.246 e. The molecule has 5 N–H and O–H groups in total. The lowest BCUT2D eigenvalue weighted by atomic mass is 9.79. The average Bonchev–Trinajstić information content (AvgIpc) is 4.15. The van der Waals surface area contributed by atoms with Gasteiger partial charge in [-0.05, 0) is 140 Å². The Bertz CT molecular complexity index is 2190. The Balaban J connectivity index is 0.00000333. The second-order valence-corrected chi connectivity index (χ2v) is 19.0. The van der Waals surface area contributed by atoms with Crippen molar-refractivity contribution in [1.82, 2.24) is 36.4 Å². The Labute approximate surface area is 435 Å². The Morgan fingerprint density at radius 1 is 0.606 bits per heavy atom. The Morgan fingerprint density at radius 3 is 1.63 bits per heavy atom. The third-order valence-electron chi connectivity index (χ3n) is 14.6. The van der Waals surface area contributed by atoms with Gasteiger partial charge in [0.05, 0.1) is 24.2 Å². The SMILES string of the molecule is C.C.CN[C@@H](C)C(=O)N[C@@H](CC#CC1=C(C#CC[C@H](NC(=O)[C@H](C)NC)C(=O)N2CCC[C@H]2C(=O)N[C@@H]2CCCc3ccccc32)CCC1)C(=O)N1CCC[C@H]1C(=O)C[C@@H]1CCCc2ccccc21.Cl.Cl. The highest BCUT2D eigenvalue weighted by Gasteiger charge is 2.40. The summed E-state index contributed by atoms with van der Waals surface area (Å²) in [6, 6.07) is 12.2. The number of allylic oxidation sites excluding steroid dienone is 2. The number of amides is 5. The van der Waals surface area contributed by atoms with Crippen LogP contribution in [0.2, 0.25) is 0 Å². The molecule has 388 valence electrons. The fourth-order valence-electron chi connectivity index (χ4n) is 10.5. The topological polar surface area (TPSA) is 169 Å². The molecular formula is C56H79Cl2N7O6. The van der Waals surface area contributed by atoms with Crippen molar-refractivity contribution < 1.29 is 28.8 Å². The molecule has 2 heterocycles. The first-order valence-corrected chi connectivity index (χ1v) is 24.7. The number of ketones is 1. The van der Waals surface area contributed by atoms with Gasteiger partial charge in [-0.2, -0.15) is 0 Å². The largest absolute Gasteiger partial charge is 0.347 e. The molecule has 0 unspecified atom stereocenters. The first-order chi connectivity index (χ1) is 32.5. The van der Waals surface area contributed by atoms with Crippen molar-refractivity contribution in [2.24, 2.45) is 0 Å². The maximum absolute atomic E-state index is 14.3. The van der Waals surface area contributed by atoms with Gasteiger partial charge < -0.3 is 36.4 Å². The highest BCUT2D eigenvalue weighted by Crippen LogP contribution is 2.36. The summed E-state index contributed by atoms with van der Waals surface area (Å²) in [4.78, 5) is 86.1. The minimum Gasteiger partial charge on any atom is -0.347 e. The van der Waals surface area contributed by atoms with Crippen LogP contribution in [0.15, 0.2) is 59.7 Å². The number of halogens is 2. The number of likely N-dealkylation sites (tertiary alicyclic amines) is 2. The summed E-state index contributed by atoms with van der Waals surface area (Å²) in [7, 11) is 3.36. The molecule has 5 amide bonds. The molecule has 2 aromatic rings. The smallest absolute Gasteiger partial charge is 0.246 e. The zero-order valence-electron chi connectivity index (χ0n) is 40.6. The normalized spacial score (nSPS) is 21.4. The predicted octanol–water partition coefficient (Wildman–Crippen LogP) is 6.81. The lowest BCUT2D eigenvalue weighted by molar-refractivity contribution is -0.141. The number of nitrogens with zero attached hydrogens (tertiary/aromatic N) is 2. The number of rotatable bonds is 15. The van der Waals surface area contributed by atoms with Gasteiger partial charge in [-0.1, -0.05) is 87.1 Å². The Kier molecular flexibility index (Phi) is 24.4. The lowest BCUT2D eigenvalue weighted by Crippen LogP contribution is -2.55. The summed E-state index contributed by atoms with van der Waals surface area (Å²) in [5.41, 5.74) is 6.59. The zero-order chi connectivity index (χ0) is 47.5. The molecule has 2 saturated heterocycles. The van der Waals surface area contributed by atoms with Crippen molar-refractivity contribution in [3.05, 3.63) is 81.9 Å². The summed E-state index contributed by atoms with van der Waals surface area (Å²) in [5, 5.41) is 15.0. The molecule has 8 atom stereocenters. The van der Waals surface area contributed by atoms with E-state index in [0.29, 0.717) is 58.0 Å². The van der Waals surface area contributed by atoms with Gasteiger partial charge in [-0.3, -0.25) is 28.8 Å². The second-order valence-electron chi connectivity index (χ2n) is 19.0. The predicted molar refractivity (Wildman–Crippen MR) is 286 cm³/mol. The van der Waals surface area contributed by atoms with Crippen LogP contribution in [-0.4, -0.2) is 109 Å². The van der Waals surface area contributed by atoms with E-state index in [1.165, 1.54) is 16.7 Å². The van der Waals surface area contributed by atoms with Gasteiger partial charge in [0.2, 0.25) is 29.5 Å². The monoisotopic (exact) mass is 1020 g/mol. The van der Waals surface area contributed by atoms with E-state index >= 15 is 0 Å². The van der Waals surface area contributed by atoms with E-state index in [1.807, 2.05) is 24.3 Å². The fourth-order valence-corrected chi connectivity index (χ4v) is 10.5. The highest BCUT2D eigenvalue weighted by atomic mass is 35.5. The molecule has 2 aromatic carbocycles. The van der Waals surface area contributed by atoms with Crippen molar-refractivity contribution >= 4 is 60.1 Å². The van der Waals surface area contributed by atoms with Crippen LogP contribution in [0.1, 0.15) is 153 Å². The van der Waals surface area contributed by atoms with E-state index in [0.717, 1.165) is 61.7 Å². The number of aryl methyl sites for hydroxylation is 2. The van der Waals surface area contributed by atoms with Gasteiger partial charge in [-0.15, -0.1) is 24.8 Å². The maximum atomic E-state index is 14.3. The van der Waals surface area contributed by atoms with Crippen LogP contribution in [0.3, 0.4) is 0 Å². The van der Waals surface area contributed by atoms with E-state index in [1.54, 1.807) is 37.7 Å². The minimum atomic E-state index is -0.966. The third-order valence-corrected chi connectivity index (χ3v) is 14.6. The van der Waals surface area contributed by atoms with Crippen LogP contribution in [0.5, 0.6) is 0 Å². The molecule has 2 aliphatic heterocycles. The van der Waals surface area contributed by atoms with E-state index in [9.17, 15) is 28.8 Å². The number of benzene rings is 2. The number of carbonyl (C=O) groups excluding carboxylic acids is 6. The lowest BCUT2D eigenvalue weighted by Gasteiger charge is -2.31. The molecule has 2 fully saturated rings. The van der Waals surface area contributed by atoms with Crippen LogP contribution in [-0.2, 0) is 41.6 Å². The quantitative estimate of drug-likeness (QED) is 0.121. The van der Waals surface area contributed by atoms with Crippen LogP contribution < -0.4 is 26.6 Å². The first kappa shape index (κ1) is 60.1. The van der Waals surface area contributed by atoms with E-state index in [2.05, 4.69) is 74.5 Å². The van der Waals surface area contributed by atoms with Crippen LogP contribution in [0.4, 0.5) is 0 Å². The van der Waals surface area contributed by atoms with Gasteiger partial charge >= 0.3 is 0 Å². The van der Waals surface area contributed by atoms with Gasteiger partial charge in [-0.25, -0.2) is 0 Å². The van der Waals surface area contributed by atoms with Crippen molar-refractivity contribution in [3.8, 4) is 23.7 Å². The summed E-state index contributed by atoms with van der Waals surface area (Å²) in [6.45, 7) is 4.30. The van der Waals surface area contributed by atoms with E-state index in [4.69, 9.17) is 0 Å². The summed E-state index contributed by atoms with van der Waals surface area (Å²) < 4.78 is 0. The minimum absolute atomic E-state index is 0. The van der Waals surface area contributed by atoms with Gasteiger partial charge in [0.25, 0.3) is 0 Å². The fraction of sp³-hybridized carbons (Fsp3) is 0.571. The molecule has 3 aliphatic carbocycles. The van der Waals surface area contributed by atoms with Crippen molar-refractivity contribution in [2.45, 2.75) is 180 Å². The van der Waals surface area contributed by atoms with E-state index in [-0.39, 0.29) is 99.8 Å². The number of fused-ring (bicyclic) bond motifs is 2. The second kappa shape index (κ2) is 28.8. The molecule has 13 nitrogen and oxygen atoms in total. The number of nitrogens with one attached hydrogen (secondary N) is 5. The van der Waals surface area contributed by atoms with Crippen molar-refractivity contribution in [1.29, 1.82) is 0 Å². The standard InChI is InChI=1S/C54H69N7O6.2CH4.2ClH/c1-35(55-3)50(63)58-45(53(66)60-32-14-30-47(60)49(62)34-41-24-10-22-39-16-5-7-25-42(39)41)28-11-20-37-18-9-19-38(37)21-12-29-46(59-51(64)36(2)56-4)54(67)61-33-15-31-48(61)52(65)57-44-27-13-23-40-17-6-8-26-43(40)44;;;;/h5-8,16-17,25-26,35-36,41,44-48,55-56H,9-10,13-15,18-19,22-24,27-34H2,1-4H3,(H,57,65)(H,58,63)(H,59,64);2*1H4;2*1H/t35-,36-,41-,44+,45-,46-,47-,48-;;;;/m0..../s1. The molecule has 0 spiro atoms. The van der Waals surface area contributed by atoms with Gasteiger partial charge in [0, 0.05) is 43.5 Å². The third kappa shape index (κ3) is 14.9. The molecule has 15 heteroatoms. The molecule has 5 aliphatic rings. The molecular weight excluding hydrogens is 938 g/mol. The summed E-state index contributed by atoms with van der Waals surface area (Å²) >= 11 is 0. The summed E-state index contributed by atoms with van der Waals surface area (Å²) in [6.07, 6.45) is 11.0. The van der Waals surface area contributed by atoms with Gasteiger partial charge in [0.15, 0.2) is 5.78 Å². The van der Waals surface area contributed by atoms with Crippen molar-refractivity contribution in [3.63, 3.8) is 0 Å². The number of hydrogen-bond donors (Lipinski definition) is 5. The molecule has 7 rings (SSSR count). The molecule has 0 bridgehead atoms. The summed E-state index contributed by atoms with van der Waals surface area (Å²) in [5.74, 6) is 11.6. The molecule has 71 heavy (non-hydrogen) atoms. The number of carbonyl (C=O) groups is 6. The van der Waals surface area contributed by atoms with Crippen molar-refractivity contribution in [2.75, 3.05) is 27.2 Å². The average molecular weight is 1020 g/mol. The first-order valence-electron chi connectivity index (χ1n) is 24.7.